The van der Waals surface area contributed by atoms with Gasteiger partial charge in [-0.1, -0.05) is 35.8 Å². The molecule has 0 radical (unpaired) electrons. The highest BCUT2D eigenvalue weighted by Crippen LogP contribution is 2.24. The van der Waals surface area contributed by atoms with Gasteiger partial charge >= 0.3 is 0 Å². The molecule has 0 bridgehead atoms. The van der Waals surface area contributed by atoms with E-state index < -0.39 is 10.8 Å². The number of non-ortho nitro benzene ring substituents is 1. The van der Waals surface area contributed by atoms with Crippen LogP contribution in [0, 0.1) is 23.0 Å². The van der Waals surface area contributed by atoms with Gasteiger partial charge < -0.3 is 10.1 Å². The van der Waals surface area contributed by atoms with E-state index in [1.807, 2.05) is 13.8 Å². The number of rotatable bonds is 6. The number of benzene rings is 2. The van der Waals surface area contributed by atoms with Crippen LogP contribution >= 0.6 is 28.1 Å². The first-order valence-corrected chi connectivity index (χ1v) is 9.67. The van der Waals surface area contributed by atoms with E-state index in [-0.39, 0.29) is 10.8 Å². The molecule has 0 saturated heterocycles. The summed E-state index contributed by atoms with van der Waals surface area (Å²) in [7, 11) is 0. The highest BCUT2D eigenvalue weighted by Gasteiger charge is 2.16. The molecule has 2 aromatic rings. The number of carbonyl (C=O) groups excluding carboxylic acids is 1. The molecule has 0 atom stereocenters. The molecule has 2 rings (SSSR count). The topological polar surface area (TPSA) is 93.5 Å². The fourth-order valence-electron chi connectivity index (χ4n) is 2.24. The van der Waals surface area contributed by atoms with Crippen molar-refractivity contribution in [3.05, 3.63) is 62.1 Å². The van der Waals surface area contributed by atoms with Crippen LogP contribution in [0.1, 0.15) is 29.8 Å². The van der Waals surface area contributed by atoms with Crippen molar-refractivity contribution < 1.29 is 14.5 Å². The molecule has 7 nitrogen and oxygen atoms in total. The summed E-state index contributed by atoms with van der Waals surface area (Å²) in [6.07, 6.45) is 0. The molecule has 1 amide bonds. The smallest absolute Gasteiger partial charge is 0.271 e. The summed E-state index contributed by atoms with van der Waals surface area (Å²) >= 11 is 8.55. The van der Waals surface area contributed by atoms with Crippen LogP contribution in [0.5, 0.6) is 5.75 Å². The molecular weight excluding hydrogens is 446 g/mol. The molecule has 0 aliphatic heterocycles. The fourth-order valence-corrected chi connectivity index (χ4v) is 2.81. The van der Waals surface area contributed by atoms with Gasteiger partial charge in [0.05, 0.1) is 17.1 Å². The van der Waals surface area contributed by atoms with Crippen molar-refractivity contribution in [1.82, 2.24) is 5.32 Å². The summed E-state index contributed by atoms with van der Waals surface area (Å²) in [5, 5.41) is 16.4. The van der Waals surface area contributed by atoms with Crippen LogP contribution in [-0.2, 0) is 0 Å². The van der Waals surface area contributed by atoms with E-state index in [4.69, 9.17) is 17.0 Å². The molecule has 0 aliphatic carbocycles. The third kappa shape index (κ3) is 6.00. The van der Waals surface area contributed by atoms with Crippen LogP contribution in [0.25, 0.3) is 0 Å². The van der Waals surface area contributed by atoms with Crippen molar-refractivity contribution in [2.75, 3.05) is 11.9 Å². The average Bonchev–Trinajstić information content (AvgIpc) is 2.62. The molecule has 2 N–H and O–H groups in total. The number of amides is 1. The van der Waals surface area contributed by atoms with E-state index in [1.54, 1.807) is 31.2 Å². The highest BCUT2D eigenvalue weighted by atomic mass is 79.9. The molecule has 148 valence electrons. The number of nitrogens with one attached hydrogen (secondary N) is 2. The summed E-state index contributed by atoms with van der Waals surface area (Å²) < 4.78 is 6.44. The maximum Gasteiger partial charge on any atom is 0.271 e. The van der Waals surface area contributed by atoms with Crippen molar-refractivity contribution in [1.29, 1.82) is 0 Å². The third-order valence-corrected chi connectivity index (χ3v) is 4.36. The van der Waals surface area contributed by atoms with Crippen molar-refractivity contribution in [2.45, 2.75) is 20.8 Å². The number of anilines is 1. The molecule has 0 fully saturated rings. The van der Waals surface area contributed by atoms with Gasteiger partial charge in [0.1, 0.15) is 5.75 Å². The summed E-state index contributed by atoms with van der Waals surface area (Å²) in [5.74, 6) is 0.309. The van der Waals surface area contributed by atoms with Gasteiger partial charge in [-0.2, -0.15) is 0 Å². The second-order valence-electron chi connectivity index (χ2n) is 6.51. The van der Waals surface area contributed by atoms with Gasteiger partial charge in [0.2, 0.25) is 0 Å². The lowest BCUT2D eigenvalue weighted by atomic mass is 10.1. The Hall–Kier alpha value is -2.52. The quantitative estimate of drug-likeness (QED) is 0.360. The molecule has 2 aromatic carbocycles. The molecule has 0 unspecified atom stereocenters. The van der Waals surface area contributed by atoms with Crippen LogP contribution in [0.15, 0.2) is 40.9 Å². The standard InChI is InChI=1S/C19H20BrN3O4S/c1-11(2)10-27-17-7-5-13(20)8-15(17)18(24)22-19(28)21-16-9-14(23(25)26)6-4-12(16)3/h4-9,11H,10H2,1-3H3,(H2,21,22,24,28). The second kappa shape index (κ2) is 9.61. The summed E-state index contributed by atoms with van der Waals surface area (Å²) in [6, 6.07) is 9.52. The van der Waals surface area contributed by atoms with Crippen molar-refractivity contribution in [3.63, 3.8) is 0 Å². The zero-order valence-electron chi connectivity index (χ0n) is 15.6. The lowest BCUT2D eigenvalue weighted by Gasteiger charge is -2.15. The SMILES string of the molecule is Cc1ccc([N+](=O)[O-])cc1NC(=S)NC(=O)c1cc(Br)ccc1OCC(C)C. The minimum Gasteiger partial charge on any atom is -0.492 e. The second-order valence-corrected chi connectivity index (χ2v) is 7.83. The number of thiocarbonyl (C=S) groups is 1. The average molecular weight is 466 g/mol. The number of hydrogen-bond donors (Lipinski definition) is 2. The van der Waals surface area contributed by atoms with Crippen LogP contribution < -0.4 is 15.4 Å². The third-order valence-electron chi connectivity index (χ3n) is 3.67. The Labute approximate surface area is 176 Å². The lowest BCUT2D eigenvalue weighted by Crippen LogP contribution is -2.34. The minimum absolute atomic E-state index is 0.0309. The number of nitrogens with zero attached hydrogens (tertiary/aromatic N) is 1. The first-order chi connectivity index (χ1) is 13.2. The maximum atomic E-state index is 12.7. The Morgan fingerprint density at radius 1 is 1.29 bits per heavy atom. The Morgan fingerprint density at radius 3 is 2.64 bits per heavy atom. The predicted octanol–water partition coefficient (Wildman–Crippen LogP) is 4.83. The largest absolute Gasteiger partial charge is 0.492 e. The molecule has 9 heteroatoms. The number of halogens is 1. The zero-order chi connectivity index (χ0) is 20.8. The van der Waals surface area contributed by atoms with Crippen molar-refractivity contribution in [2.24, 2.45) is 5.92 Å². The molecular formula is C19H20BrN3O4S. The fraction of sp³-hybridized carbons (Fsp3) is 0.263. The number of carbonyl (C=O) groups is 1. The number of ether oxygens (including phenoxy) is 1. The van der Waals surface area contributed by atoms with Crippen LogP contribution in [0.4, 0.5) is 11.4 Å². The molecule has 0 aliphatic rings. The highest BCUT2D eigenvalue weighted by molar-refractivity contribution is 9.10. The number of hydrogen-bond acceptors (Lipinski definition) is 5. The predicted molar refractivity (Wildman–Crippen MR) is 116 cm³/mol. The first kappa shape index (κ1) is 21.8. The Bertz CT molecular complexity index is 918. The monoisotopic (exact) mass is 465 g/mol. The van der Waals surface area contributed by atoms with Gasteiger partial charge in [0.15, 0.2) is 5.11 Å². The molecule has 28 heavy (non-hydrogen) atoms. The van der Waals surface area contributed by atoms with Crippen molar-refractivity contribution in [3.8, 4) is 5.75 Å². The number of aryl methyl sites for hydroxylation is 1. The van der Waals surface area contributed by atoms with Gasteiger partial charge in [0, 0.05) is 22.3 Å². The van der Waals surface area contributed by atoms with Gasteiger partial charge in [-0.3, -0.25) is 20.2 Å². The molecule has 0 saturated carbocycles. The summed E-state index contributed by atoms with van der Waals surface area (Å²) in [6.45, 7) is 6.28. The van der Waals surface area contributed by atoms with E-state index in [0.717, 1.165) is 10.0 Å². The van der Waals surface area contributed by atoms with Gasteiger partial charge in [-0.25, -0.2) is 0 Å². The van der Waals surface area contributed by atoms with E-state index in [9.17, 15) is 14.9 Å². The van der Waals surface area contributed by atoms with E-state index in [1.165, 1.54) is 12.1 Å². The first-order valence-electron chi connectivity index (χ1n) is 8.47. The van der Waals surface area contributed by atoms with Crippen molar-refractivity contribution >= 4 is 50.5 Å². The van der Waals surface area contributed by atoms with E-state index in [0.29, 0.717) is 29.5 Å². The van der Waals surface area contributed by atoms with E-state index in [2.05, 4.69) is 26.6 Å². The maximum absolute atomic E-state index is 12.7. The van der Waals surface area contributed by atoms with Gasteiger partial charge in [-0.05, 0) is 48.8 Å². The van der Waals surface area contributed by atoms with E-state index >= 15 is 0 Å². The summed E-state index contributed by atoms with van der Waals surface area (Å²) in [5.41, 5.74) is 1.46. The Kier molecular flexibility index (Phi) is 7.47. The van der Waals surface area contributed by atoms with Crippen LogP contribution in [0.3, 0.4) is 0 Å². The van der Waals surface area contributed by atoms with Gasteiger partial charge in [0.25, 0.3) is 11.6 Å². The molecule has 0 heterocycles. The normalized spacial score (nSPS) is 10.5. The van der Waals surface area contributed by atoms with Gasteiger partial charge in [-0.15, -0.1) is 0 Å². The molecule has 0 spiro atoms. The zero-order valence-corrected chi connectivity index (χ0v) is 18.0. The van der Waals surface area contributed by atoms with Crippen LogP contribution in [-0.4, -0.2) is 22.5 Å². The van der Waals surface area contributed by atoms with Crippen LogP contribution in [0.2, 0.25) is 0 Å². The Morgan fingerprint density at radius 2 is 2.00 bits per heavy atom. The number of nitro benzene ring substituents is 1. The Balaban J connectivity index is 2.15. The molecule has 0 aromatic heterocycles. The summed E-state index contributed by atoms with van der Waals surface area (Å²) in [4.78, 5) is 23.1. The lowest BCUT2D eigenvalue weighted by molar-refractivity contribution is -0.384. The minimum atomic E-state index is -0.494. The number of nitro groups is 1.